The molecule has 0 aliphatic heterocycles. The van der Waals surface area contributed by atoms with Crippen molar-refractivity contribution < 1.29 is 51.9 Å². The van der Waals surface area contributed by atoms with Crippen LogP contribution < -0.4 is 0 Å². The van der Waals surface area contributed by atoms with Crippen molar-refractivity contribution in [2.24, 2.45) is 0 Å². The van der Waals surface area contributed by atoms with E-state index in [4.69, 9.17) is 0 Å². The average Bonchev–Trinajstić information content (AvgIpc) is 3.44. The van der Waals surface area contributed by atoms with Gasteiger partial charge in [-0.05, 0) is 24.3 Å². The van der Waals surface area contributed by atoms with E-state index < -0.39 is 60.1 Å². The van der Waals surface area contributed by atoms with Crippen LogP contribution in [0.1, 0.15) is 0 Å². The first-order valence-corrected chi connectivity index (χ1v) is 16.2. The van der Waals surface area contributed by atoms with Crippen LogP contribution >= 0.6 is 0 Å². The monoisotopic (exact) mass is 630 g/mol. The predicted octanol–water partition coefficient (Wildman–Crippen LogP) is 1.76. The van der Waals surface area contributed by atoms with Gasteiger partial charge < -0.3 is 9.97 Å². The molecule has 0 aliphatic carbocycles. The fraction of sp³-hybridized carbons (Fsp3) is 0. The molecule has 0 atom stereocenters. The molecule has 0 unspecified atom stereocenters. The summed E-state index contributed by atoms with van der Waals surface area (Å²) in [6, 6.07) is 9.02. The van der Waals surface area contributed by atoms with Crippen LogP contribution in [0.5, 0.6) is 0 Å². The van der Waals surface area contributed by atoms with E-state index in [0.717, 1.165) is 18.2 Å². The fourth-order valence-electron chi connectivity index (χ4n) is 3.89. The zero-order chi connectivity index (χ0) is 29.4. The Bertz CT molecular complexity index is 2240. The van der Waals surface area contributed by atoms with Crippen molar-refractivity contribution in [3.8, 4) is 22.8 Å². The second kappa shape index (κ2) is 8.87. The van der Waals surface area contributed by atoms with E-state index in [2.05, 4.69) is 19.9 Å². The molecule has 2 heterocycles. The second-order valence-corrected chi connectivity index (χ2v) is 13.9. The predicted molar refractivity (Wildman–Crippen MR) is 136 cm³/mol. The van der Waals surface area contributed by atoms with Gasteiger partial charge in [0.05, 0.1) is 27.0 Å². The maximum absolute atomic E-state index is 11.8. The van der Waals surface area contributed by atoms with E-state index >= 15 is 0 Å². The molecule has 6 N–H and O–H groups in total. The summed E-state index contributed by atoms with van der Waals surface area (Å²) in [6.45, 7) is 0. The smallest absolute Gasteiger partial charge is 0.296 e. The number of rotatable bonds is 6. The van der Waals surface area contributed by atoms with Crippen LogP contribution in [0.4, 0.5) is 0 Å². The lowest BCUT2D eigenvalue weighted by Gasteiger charge is -2.03. The first-order chi connectivity index (χ1) is 18.3. The third kappa shape index (κ3) is 5.09. The molecule has 0 saturated carbocycles. The van der Waals surface area contributed by atoms with Gasteiger partial charge in [-0.1, -0.05) is 24.3 Å². The number of H-pyrrole nitrogens is 2. The Kier molecular flexibility index (Phi) is 6.16. The molecule has 0 spiro atoms. The highest BCUT2D eigenvalue weighted by molar-refractivity contribution is 7.89. The number of nitrogens with zero attached hydrogens (tertiary/aromatic N) is 2. The first-order valence-electron chi connectivity index (χ1n) is 10.4. The van der Waals surface area contributed by atoms with Crippen LogP contribution in [0.2, 0.25) is 0 Å². The van der Waals surface area contributed by atoms with Crippen molar-refractivity contribution in [2.75, 3.05) is 0 Å². The van der Waals surface area contributed by atoms with Gasteiger partial charge in [0, 0.05) is 11.1 Å². The largest absolute Gasteiger partial charge is 0.338 e. The highest BCUT2D eigenvalue weighted by Gasteiger charge is 2.26. The number of aromatic nitrogens is 4. The maximum Gasteiger partial charge on any atom is 0.296 e. The Morgan fingerprint density at radius 2 is 1.00 bits per heavy atom. The minimum absolute atomic E-state index is 0.0174. The Balaban J connectivity index is 1.59. The van der Waals surface area contributed by atoms with Crippen molar-refractivity contribution in [2.45, 2.75) is 19.6 Å². The van der Waals surface area contributed by atoms with Gasteiger partial charge in [-0.2, -0.15) is 33.7 Å². The van der Waals surface area contributed by atoms with Crippen molar-refractivity contribution in [1.82, 2.24) is 19.9 Å². The summed E-state index contributed by atoms with van der Waals surface area (Å²) in [5.41, 5.74) is 0.296. The van der Waals surface area contributed by atoms with Crippen molar-refractivity contribution in [3.05, 3.63) is 48.5 Å². The minimum Gasteiger partial charge on any atom is -0.338 e. The lowest BCUT2D eigenvalue weighted by Crippen LogP contribution is -2.08. The number of imidazole rings is 2. The number of fused-ring (bicyclic) bond motifs is 2. The van der Waals surface area contributed by atoms with E-state index in [1.807, 2.05) is 0 Å². The van der Waals surface area contributed by atoms with Gasteiger partial charge in [0.15, 0.2) is 0 Å². The van der Waals surface area contributed by atoms with Gasteiger partial charge in [-0.3, -0.25) is 18.2 Å². The molecule has 20 heteroatoms. The molecule has 0 aliphatic rings. The van der Waals surface area contributed by atoms with Gasteiger partial charge in [0.2, 0.25) is 0 Å². The third-order valence-electron chi connectivity index (χ3n) is 5.64. The van der Waals surface area contributed by atoms with Gasteiger partial charge in [-0.15, -0.1) is 0 Å². The summed E-state index contributed by atoms with van der Waals surface area (Å²) in [7, 11) is -19.8. The molecular weight excluding hydrogens is 617 g/mol. The summed E-state index contributed by atoms with van der Waals surface area (Å²) < 4.78 is 131. The lowest BCUT2D eigenvalue weighted by molar-refractivity contribution is 0.467. The fourth-order valence-corrected chi connectivity index (χ4v) is 6.97. The summed E-state index contributed by atoms with van der Waals surface area (Å²) >= 11 is 0. The van der Waals surface area contributed by atoms with Crippen molar-refractivity contribution in [1.29, 1.82) is 0 Å². The molecule has 0 radical (unpaired) electrons. The van der Waals surface area contributed by atoms with E-state index in [-0.39, 0.29) is 33.7 Å². The lowest BCUT2D eigenvalue weighted by atomic mass is 10.1. The highest BCUT2D eigenvalue weighted by Crippen LogP contribution is 2.31. The number of nitrogens with one attached hydrogen (secondary N) is 2. The molecule has 2 aromatic heterocycles. The Morgan fingerprint density at radius 1 is 0.525 bits per heavy atom. The van der Waals surface area contributed by atoms with Crippen LogP contribution in [0, 0.1) is 0 Å². The molecule has 0 amide bonds. The normalized spacial score (nSPS) is 13.3. The standard InChI is InChI=1S/C20H14N4O12S4/c25-37(26,27)11-5-14-18(17(6-11)40(34,35)36)24-20(23-14)10-3-1-9(2-4-10)19-21-12-7-15(38(28,29)30)16(39(31,32)33)8-13(12)22-19/h1-8H,(H,21,22)(H,23,24)(H,25,26,27)(H,28,29,30)(H,31,32,33)(H,34,35,36). The summed E-state index contributed by atoms with van der Waals surface area (Å²) in [5, 5.41) is 0. The molecule has 210 valence electrons. The summed E-state index contributed by atoms with van der Waals surface area (Å²) in [4.78, 5) is 10.0. The molecule has 40 heavy (non-hydrogen) atoms. The molecule has 0 saturated heterocycles. The van der Waals surface area contributed by atoms with Crippen molar-refractivity contribution >= 4 is 62.5 Å². The van der Waals surface area contributed by atoms with Crippen LogP contribution in [-0.4, -0.2) is 71.8 Å². The molecular formula is C20H14N4O12S4. The highest BCUT2D eigenvalue weighted by atomic mass is 32.2. The van der Waals surface area contributed by atoms with Crippen molar-refractivity contribution in [3.63, 3.8) is 0 Å². The van der Waals surface area contributed by atoms with Crippen LogP contribution in [0.15, 0.2) is 68.1 Å². The third-order valence-corrected chi connectivity index (χ3v) is 9.27. The zero-order valence-corrected chi connectivity index (χ0v) is 22.5. The SMILES string of the molecule is O=S(=O)(O)c1cc(S(=O)(=O)O)c2[nH]c(-c3ccc(-c4nc5cc(S(=O)(=O)O)c(S(=O)(=O)O)cc5[nH]4)cc3)nc2c1. The Morgan fingerprint density at radius 3 is 1.50 bits per heavy atom. The number of benzene rings is 3. The molecule has 3 aromatic carbocycles. The van der Waals surface area contributed by atoms with Gasteiger partial charge in [-0.25, -0.2) is 9.97 Å². The van der Waals surface area contributed by atoms with Crippen LogP contribution in [0.25, 0.3) is 44.8 Å². The van der Waals surface area contributed by atoms with Gasteiger partial charge in [0.1, 0.15) is 26.3 Å². The second-order valence-electron chi connectivity index (χ2n) is 8.28. The van der Waals surface area contributed by atoms with Crippen LogP contribution in [-0.2, 0) is 40.5 Å². The van der Waals surface area contributed by atoms with Gasteiger partial charge >= 0.3 is 0 Å². The zero-order valence-electron chi connectivity index (χ0n) is 19.2. The summed E-state index contributed by atoms with van der Waals surface area (Å²) in [6.07, 6.45) is 0. The number of hydrogen-bond donors (Lipinski definition) is 6. The van der Waals surface area contributed by atoms with Gasteiger partial charge in [0.25, 0.3) is 40.5 Å². The van der Waals surface area contributed by atoms with Crippen LogP contribution in [0.3, 0.4) is 0 Å². The van der Waals surface area contributed by atoms with E-state index in [1.165, 1.54) is 24.3 Å². The number of hydrogen-bond acceptors (Lipinski definition) is 10. The van der Waals surface area contributed by atoms with E-state index in [9.17, 15) is 51.9 Å². The summed E-state index contributed by atoms with van der Waals surface area (Å²) in [5.74, 6) is 0.186. The minimum atomic E-state index is -5.04. The molecule has 0 bridgehead atoms. The van der Waals surface area contributed by atoms with E-state index in [1.54, 1.807) is 0 Å². The quantitative estimate of drug-likeness (QED) is 0.146. The molecule has 5 rings (SSSR count). The average molecular weight is 631 g/mol. The Labute approximate surface area is 224 Å². The Hall–Kier alpha value is -3.76. The first kappa shape index (κ1) is 27.8. The topological polar surface area (TPSA) is 275 Å². The maximum atomic E-state index is 11.8. The van der Waals surface area contributed by atoms with E-state index in [0.29, 0.717) is 17.2 Å². The molecule has 5 aromatic rings. The molecule has 0 fully saturated rings. The molecule has 16 nitrogen and oxygen atoms in total. The number of aromatic amines is 2.